The Hall–Kier alpha value is -4.20. The van der Waals surface area contributed by atoms with E-state index in [1.165, 1.54) is 11.0 Å². The average molecular weight is 740 g/mol. The molecule has 1 saturated heterocycles. The summed E-state index contributed by atoms with van der Waals surface area (Å²) >= 11 is 0. The van der Waals surface area contributed by atoms with Crippen molar-refractivity contribution in [2.45, 2.75) is 128 Å². The van der Waals surface area contributed by atoms with Gasteiger partial charge in [-0.25, -0.2) is 18.2 Å². The largest absolute Gasteiger partial charge is 0.472 e. The molecule has 1 aromatic heterocycles. The number of sulfonamides is 1. The van der Waals surface area contributed by atoms with E-state index in [0.29, 0.717) is 18.7 Å². The van der Waals surface area contributed by atoms with E-state index >= 15 is 0 Å². The van der Waals surface area contributed by atoms with Crippen LogP contribution in [0.2, 0.25) is 0 Å². The number of carbonyl (C=O) groups is 4. The predicted octanol–water partition coefficient (Wildman–Crippen LogP) is 4.49. The first kappa shape index (κ1) is 39.0. The number of alkyl carbamates (subject to hydrolysis) is 1. The van der Waals surface area contributed by atoms with Crippen LogP contribution >= 0.6 is 0 Å². The Morgan fingerprint density at radius 2 is 1.71 bits per heavy atom. The van der Waals surface area contributed by atoms with Gasteiger partial charge < -0.3 is 25.0 Å². The SMILES string of the molecule is C=C[C@@H]1C[C@@]1(NC(=O)[C@H]1C[C@@H](Oc2nccc3cc(C(C)(C)C)ccc23)CN1C(=O)[C@@H](NC(=O)OC(C)(C)C)C(C)(C)C)C(=O)NS(=O)(=O)C1CC1. The van der Waals surface area contributed by atoms with Crippen LogP contribution in [-0.2, 0) is 34.6 Å². The standard InChI is InChI=1S/C38H53N5O8S/c1-11-23-20-38(23,33(46)42-52(48,49)26-13-14-26)41-30(44)28-19-25(50-31-27-15-12-24(35(2,3)4)18-22(27)16-17-39-31)21-43(28)32(45)29(36(5,6)7)40-34(47)51-37(8,9)10/h11-12,15-18,23,25-26,28-29H,1,13-14,19-21H2,2-10H3,(H,40,47)(H,41,44)(H,42,46)/t23-,25-,28-,29-,38+/m1/s1. The molecule has 14 heteroatoms. The molecule has 5 atom stereocenters. The van der Waals surface area contributed by atoms with Crippen molar-refractivity contribution in [3.8, 4) is 5.88 Å². The zero-order valence-corrected chi connectivity index (χ0v) is 32.5. The lowest BCUT2D eigenvalue weighted by Gasteiger charge is -2.36. The first-order valence-electron chi connectivity index (χ1n) is 17.8. The Bertz CT molecular complexity index is 1870. The van der Waals surface area contributed by atoms with Crippen LogP contribution in [0, 0.1) is 11.3 Å². The third kappa shape index (κ3) is 8.53. The number of aromatic nitrogens is 1. The number of hydrogen-bond acceptors (Lipinski definition) is 9. The van der Waals surface area contributed by atoms with Gasteiger partial charge in [0.25, 0.3) is 5.91 Å². The number of nitrogens with one attached hydrogen (secondary N) is 3. The summed E-state index contributed by atoms with van der Waals surface area (Å²) in [5, 5.41) is 6.56. The van der Waals surface area contributed by atoms with Crippen LogP contribution in [0.3, 0.4) is 0 Å². The van der Waals surface area contributed by atoms with Gasteiger partial charge in [-0.2, -0.15) is 0 Å². The van der Waals surface area contributed by atoms with Crippen LogP contribution in [0.5, 0.6) is 5.88 Å². The number of amides is 4. The molecule has 284 valence electrons. The molecule has 3 fully saturated rings. The second kappa shape index (κ2) is 13.7. The van der Waals surface area contributed by atoms with Crippen LogP contribution in [0.25, 0.3) is 10.8 Å². The van der Waals surface area contributed by atoms with E-state index in [1.807, 2.05) is 18.2 Å². The van der Waals surface area contributed by atoms with Gasteiger partial charge in [-0.3, -0.25) is 19.1 Å². The molecule has 0 unspecified atom stereocenters. The summed E-state index contributed by atoms with van der Waals surface area (Å²) in [6, 6.07) is 5.70. The number of hydrogen-bond donors (Lipinski definition) is 3. The van der Waals surface area contributed by atoms with Crippen molar-refractivity contribution in [2.75, 3.05) is 6.54 Å². The van der Waals surface area contributed by atoms with Crippen molar-refractivity contribution in [2.24, 2.45) is 11.3 Å². The number of carbonyl (C=O) groups excluding carboxylic acids is 4. The number of nitrogens with zero attached hydrogens (tertiary/aromatic N) is 2. The Morgan fingerprint density at radius 3 is 2.27 bits per heavy atom. The minimum atomic E-state index is -3.89. The molecule has 3 aliphatic rings. The molecule has 4 amide bonds. The molecule has 5 rings (SSSR count). The van der Waals surface area contributed by atoms with Crippen LogP contribution in [-0.4, -0.2) is 83.2 Å². The van der Waals surface area contributed by atoms with Gasteiger partial charge >= 0.3 is 6.09 Å². The fourth-order valence-corrected chi connectivity index (χ4v) is 7.87. The minimum absolute atomic E-state index is 0.0300. The van der Waals surface area contributed by atoms with E-state index in [9.17, 15) is 27.6 Å². The highest BCUT2D eigenvalue weighted by atomic mass is 32.2. The Balaban J connectivity index is 1.45. The molecule has 52 heavy (non-hydrogen) atoms. The summed E-state index contributed by atoms with van der Waals surface area (Å²) < 4.78 is 39.5. The summed E-state index contributed by atoms with van der Waals surface area (Å²) in [6.07, 6.45) is 2.77. The van der Waals surface area contributed by atoms with Crippen molar-refractivity contribution in [3.63, 3.8) is 0 Å². The number of likely N-dealkylation sites (tertiary alicyclic amines) is 1. The molecule has 1 aliphatic heterocycles. The second-order valence-corrected chi connectivity index (χ2v) is 19.4. The van der Waals surface area contributed by atoms with Gasteiger partial charge in [0.2, 0.25) is 27.7 Å². The molecule has 2 aliphatic carbocycles. The van der Waals surface area contributed by atoms with Crippen molar-refractivity contribution in [1.29, 1.82) is 0 Å². The van der Waals surface area contributed by atoms with Crippen molar-refractivity contribution < 1.29 is 37.1 Å². The molecular weight excluding hydrogens is 687 g/mol. The number of pyridine rings is 1. The summed E-state index contributed by atoms with van der Waals surface area (Å²) in [5.41, 5.74) is -2.12. The van der Waals surface area contributed by atoms with Gasteiger partial charge in [0.15, 0.2) is 0 Å². The maximum Gasteiger partial charge on any atom is 0.408 e. The predicted molar refractivity (Wildman–Crippen MR) is 197 cm³/mol. The first-order chi connectivity index (χ1) is 23.9. The average Bonchev–Trinajstić information content (AvgIpc) is 3.94. The molecule has 0 bridgehead atoms. The van der Waals surface area contributed by atoms with Gasteiger partial charge in [-0.1, -0.05) is 59.8 Å². The number of benzene rings is 1. The highest BCUT2D eigenvalue weighted by molar-refractivity contribution is 7.91. The topological polar surface area (TPSA) is 173 Å². The zero-order valence-electron chi connectivity index (χ0n) is 31.7. The van der Waals surface area contributed by atoms with Crippen LogP contribution in [0.15, 0.2) is 43.1 Å². The molecule has 0 spiro atoms. The third-order valence-corrected chi connectivity index (χ3v) is 11.6. The Kier molecular flexibility index (Phi) is 10.2. The Morgan fingerprint density at radius 1 is 1.04 bits per heavy atom. The normalized spacial score (nSPS) is 24.1. The summed E-state index contributed by atoms with van der Waals surface area (Å²) in [6.45, 7) is 20.6. The fourth-order valence-electron chi connectivity index (χ4n) is 6.50. The lowest BCUT2D eigenvalue weighted by Crippen LogP contribution is -2.60. The lowest BCUT2D eigenvalue weighted by molar-refractivity contribution is -0.143. The molecule has 1 aromatic carbocycles. The summed E-state index contributed by atoms with van der Waals surface area (Å²) in [4.78, 5) is 61.0. The van der Waals surface area contributed by atoms with Gasteiger partial charge in [0.1, 0.15) is 29.3 Å². The number of ether oxygens (including phenoxy) is 2. The first-order valence-corrected chi connectivity index (χ1v) is 19.4. The molecule has 2 aromatic rings. The highest BCUT2D eigenvalue weighted by Gasteiger charge is 2.62. The maximum absolute atomic E-state index is 14.5. The Labute approximate surface area is 306 Å². The summed E-state index contributed by atoms with van der Waals surface area (Å²) in [7, 11) is -3.89. The van der Waals surface area contributed by atoms with E-state index in [-0.39, 0.29) is 24.8 Å². The second-order valence-electron chi connectivity index (χ2n) is 17.4. The van der Waals surface area contributed by atoms with Crippen molar-refractivity contribution >= 4 is 44.6 Å². The van der Waals surface area contributed by atoms with Crippen molar-refractivity contribution in [3.05, 3.63) is 48.7 Å². The molecule has 3 N–H and O–H groups in total. The molecular formula is C38H53N5O8S. The molecule has 2 heterocycles. The highest BCUT2D eigenvalue weighted by Crippen LogP contribution is 2.45. The van der Waals surface area contributed by atoms with Gasteiger partial charge in [-0.05, 0) is 73.9 Å². The third-order valence-electron chi connectivity index (χ3n) is 9.74. The van der Waals surface area contributed by atoms with Gasteiger partial charge in [0, 0.05) is 23.9 Å². The maximum atomic E-state index is 14.5. The smallest absolute Gasteiger partial charge is 0.408 e. The molecule has 13 nitrogen and oxygen atoms in total. The van der Waals surface area contributed by atoms with Crippen molar-refractivity contribution in [1.82, 2.24) is 25.2 Å². The van der Waals surface area contributed by atoms with Crippen LogP contribution in [0.1, 0.15) is 93.6 Å². The number of rotatable bonds is 10. The van der Waals surface area contributed by atoms with E-state index < -0.39 is 79.7 Å². The van der Waals surface area contributed by atoms with E-state index in [0.717, 1.165) is 16.3 Å². The quantitative estimate of drug-likeness (QED) is 0.297. The van der Waals surface area contributed by atoms with Gasteiger partial charge in [0.05, 0.1) is 11.8 Å². The fraction of sp³-hybridized carbons (Fsp3) is 0.605. The van der Waals surface area contributed by atoms with E-state index in [1.54, 1.807) is 47.7 Å². The van der Waals surface area contributed by atoms with Crippen LogP contribution < -0.4 is 20.1 Å². The number of fused-ring (bicyclic) bond motifs is 1. The van der Waals surface area contributed by atoms with Crippen LogP contribution in [0.4, 0.5) is 4.79 Å². The lowest BCUT2D eigenvalue weighted by atomic mass is 9.85. The van der Waals surface area contributed by atoms with E-state index in [2.05, 4.69) is 53.8 Å². The monoisotopic (exact) mass is 739 g/mol. The van der Waals surface area contributed by atoms with E-state index in [4.69, 9.17) is 9.47 Å². The summed E-state index contributed by atoms with van der Waals surface area (Å²) in [5.74, 6) is -2.22. The molecule has 2 saturated carbocycles. The zero-order chi connectivity index (χ0) is 38.6. The van der Waals surface area contributed by atoms with Gasteiger partial charge in [-0.15, -0.1) is 6.58 Å². The molecule has 0 radical (unpaired) electrons. The minimum Gasteiger partial charge on any atom is -0.472 e.